The third kappa shape index (κ3) is 1.32. The Labute approximate surface area is 86.1 Å². The van der Waals surface area contributed by atoms with Crippen LogP contribution in [-0.2, 0) is 9.59 Å². The molecule has 1 rings (SSSR count). The molecular formula is C12H20O2. The molecule has 2 nitrogen and oxygen atoms in total. The SMILES string of the molecule is CC(=O)C1CCC(C)(C(C)=O)C1(C)C. The number of hydrogen-bond acceptors (Lipinski definition) is 2. The summed E-state index contributed by atoms with van der Waals surface area (Å²) in [6, 6.07) is 0. The Morgan fingerprint density at radius 2 is 1.64 bits per heavy atom. The molecule has 2 heteroatoms. The fourth-order valence-electron chi connectivity index (χ4n) is 2.84. The summed E-state index contributed by atoms with van der Waals surface area (Å²) < 4.78 is 0. The number of rotatable bonds is 2. The molecule has 1 saturated carbocycles. The van der Waals surface area contributed by atoms with Crippen LogP contribution in [0.3, 0.4) is 0 Å². The van der Waals surface area contributed by atoms with Crippen molar-refractivity contribution in [3.05, 3.63) is 0 Å². The normalized spacial score (nSPS) is 35.6. The fourth-order valence-corrected chi connectivity index (χ4v) is 2.84. The second-order valence-electron chi connectivity index (χ2n) is 5.31. The van der Waals surface area contributed by atoms with Gasteiger partial charge in [0.1, 0.15) is 11.6 Å². The van der Waals surface area contributed by atoms with Crippen LogP contribution in [-0.4, -0.2) is 11.6 Å². The molecule has 0 spiro atoms. The van der Waals surface area contributed by atoms with Gasteiger partial charge in [-0.1, -0.05) is 20.8 Å². The Kier molecular flexibility index (Phi) is 2.59. The first-order valence-corrected chi connectivity index (χ1v) is 5.25. The predicted molar refractivity (Wildman–Crippen MR) is 56.0 cm³/mol. The number of ketones is 2. The molecule has 0 aromatic heterocycles. The van der Waals surface area contributed by atoms with Gasteiger partial charge in [-0.05, 0) is 32.1 Å². The van der Waals surface area contributed by atoms with E-state index in [1.165, 1.54) is 0 Å². The van der Waals surface area contributed by atoms with Gasteiger partial charge in [-0.15, -0.1) is 0 Å². The van der Waals surface area contributed by atoms with Gasteiger partial charge in [0.2, 0.25) is 0 Å². The molecular weight excluding hydrogens is 176 g/mol. The lowest BCUT2D eigenvalue weighted by atomic mass is 9.63. The Hall–Kier alpha value is -0.660. The highest BCUT2D eigenvalue weighted by molar-refractivity contribution is 5.87. The van der Waals surface area contributed by atoms with E-state index in [0.29, 0.717) is 0 Å². The van der Waals surface area contributed by atoms with Gasteiger partial charge in [-0.25, -0.2) is 0 Å². The molecule has 80 valence electrons. The van der Waals surface area contributed by atoms with Gasteiger partial charge in [-0.3, -0.25) is 9.59 Å². The molecule has 0 heterocycles. The molecule has 0 amide bonds. The minimum atomic E-state index is -0.316. The second kappa shape index (κ2) is 3.18. The van der Waals surface area contributed by atoms with E-state index in [0.717, 1.165) is 12.8 Å². The summed E-state index contributed by atoms with van der Waals surface area (Å²) in [6.07, 6.45) is 1.71. The van der Waals surface area contributed by atoms with Gasteiger partial charge in [0.05, 0.1) is 0 Å². The lowest BCUT2D eigenvalue weighted by molar-refractivity contribution is -0.134. The van der Waals surface area contributed by atoms with Crippen LogP contribution in [0.5, 0.6) is 0 Å². The van der Waals surface area contributed by atoms with Crippen molar-refractivity contribution in [2.45, 2.75) is 47.5 Å². The van der Waals surface area contributed by atoms with E-state index in [-0.39, 0.29) is 28.3 Å². The largest absolute Gasteiger partial charge is 0.300 e. The molecule has 2 atom stereocenters. The van der Waals surface area contributed by atoms with Crippen LogP contribution in [0.2, 0.25) is 0 Å². The van der Waals surface area contributed by atoms with E-state index < -0.39 is 0 Å². The molecule has 0 aliphatic heterocycles. The summed E-state index contributed by atoms with van der Waals surface area (Å²) >= 11 is 0. The van der Waals surface area contributed by atoms with Crippen LogP contribution >= 0.6 is 0 Å². The van der Waals surface area contributed by atoms with Gasteiger partial charge in [0, 0.05) is 11.3 Å². The predicted octanol–water partition coefficient (Wildman–Crippen LogP) is 2.61. The standard InChI is InChI=1S/C12H20O2/c1-8(13)10-6-7-12(5,9(2)14)11(10,3)4/h10H,6-7H2,1-5H3. The zero-order valence-electron chi connectivity index (χ0n) is 9.81. The summed E-state index contributed by atoms with van der Waals surface area (Å²) in [7, 11) is 0. The summed E-state index contributed by atoms with van der Waals surface area (Å²) in [5, 5.41) is 0. The molecule has 2 unspecified atom stereocenters. The lowest BCUT2D eigenvalue weighted by Crippen LogP contribution is -2.41. The maximum atomic E-state index is 11.6. The summed E-state index contributed by atoms with van der Waals surface area (Å²) in [5.41, 5.74) is -0.506. The van der Waals surface area contributed by atoms with Crippen molar-refractivity contribution in [1.82, 2.24) is 0 Å². The summed E-state index contributed by atoms with van der Waals surface area (Å²) in [5.74, 6) is 0.489. The maximum absolute atomic E-state index is 11.6. The van der Waals surface area contributed by atoms with Crippen molar-refractivity contribution in [1.29, 1.82) is 0 Å². The van der Waals surface area contributed by atoms with Gasteiger partial charge in [-0.2, -0.15) is 0 Å². The highest BCUT2D eigenvalue weighted by atomic mass is 16.1. The van der Waals surface area contributed by atoms with E-state index in [2.05, 4.69) is 0 Å². The van der Waals surface area contributed by atoms with Crippen LogP contribution in [0.1, 0.15) is 47.5 Å². The molecule has 0 bridgehead atoms. The monoisotopic (exact) mass is 196 g/mol. The minimum absolute atomic E-state index is 0.0522. The molecule has 1 aliphatic rings. The molecule has 0 radical (unpaired) electrons. The highest BCUT2D eigenvalue weighted by Crippen LogP contribution is 2.56. The van der Waals surface area contributed by atoms with Crippen LogP contribution in [0, 0.1) is 16.7 Å². The quantitative estimate of drug-likeness (QED) is 0.680. The van der Waals surface area contributed by atoms with E-state index in [1.807, 2.05) is 20.8 Å². The summed E-state index contributed by atoms with van der Waals surface area (Å²) in [4.78, 5) is 23.1. The molecule has 0 saturated heterocycles. The van der Waals surface area contributed by atoms with Gasteiger partial charge in [0.15, 0.2) is 0 Å². The average Bonchev–Trinajstić information content (AvgIpc) is 2.24. The number of hydrogen-bond donors (Lipinski definition) is 0. The van der Waals surface area contributed by atoms with E-state index in [9.17, 15) is 9.59 Å². The first kappa shape index (κ1) is 11.4. The van der Waals surface area contributed by atoms with E-state index in [1.54, 1.807) is 13.8 Å². The number of carbonyl (C=O) groups is 2. The van der Waals surface area contributed by atoms with Gasteiger partial charge >= 0.3 is 0 Å². The van der Waals surface area contributed by atoms with Crippen molar-refractivity contribution in [2.24, 2.45) is 16.7 Å². The smallest absolute Gasteiger partial charge is 0.136 e. The molecule has 0 aromatic rings. The molecule has 0 aromatic carbocycles. The Morgan fingerprint density at radius 3 is 1.86 bits per heavy atom. The van der Waals surface area contributed by atoms with Gasteiger partial charge < -0.3 is 0 Å². The average molecular weight is 196 g/mol. The zero-order valence-corrected chi connectivity index (χ0v) is 9.81. The maximum Gasteiger partial charge on any atom is 0.136 e. The molecule has 1 fully saturated rings. The first-order chi connectivity index (χ1) is 6.23. The van der Waals surface area contributed by atoms with Crippen LogP contribution in [0.15, 0.2) is 0 Å². The topological polar surface area (TPSA) is 34.1 Å². The first-order valence-electron chi connectivity index (χ1n) is 5.25. The minimum Gasteiger partial charge on any atom is -0.300 e. The van der Waals surface area contributed by atoms with Crippen molar-refractivity contribution >= 4 is 11.6 Å². The van der Waals surface area contributed by atoms with E-state index >= 15 is 0 Å². The van der Waals surface area contributed by atoms with Crippen LogP contribution in [0.4, 0.5) is 0 Å². The van der Waals surface area contributed by atoms with Crippen LogP contribution in [0.25, 0.3) is 0 Å². The Morgan fingerprint density at radius 1 is 1.14 bits per heavy atom. The van der Waals surface area contributed by atoms with E-state index in [4.69, 9.17) is 0 Å². The van der Waals surface area contributed by atoms with Crippen molar-refractivity contribution in [3.8, 4) is 0 Å². The fraction of sp³-hybridized carbons (Fsp3) is 0.833. The third-order valence-corrected chi connectivity index (χ3v) is 4.49. The Bertz CT molecular complexity index is 278. The van der Waals surface area contributed by atoms with Crippen LogP contribution < -0.4 is 0 Å². The summed E-state index contributed by atoms with van der Waals surface area (Å²) in [6.45, 7) is 9.38. The van der Waals surface area contributed by atoms with Gasteiger partial charge in [0.25, 0.3) is 0 Å². The molecule has 14 heavy (non-hydrogen) atoms. The Balaban J connectivity index is 3.08. The number of Topliss-reactive ketones (excluding diaryl/α,β-unsaturated/α-hetero) is 2. The molecule has 1 aliphatic carbocycles. The zero-order chi connectivity index (χ0) is 11.1. The van der Waals surface area contributed by atoms with Crippen molar-refractivity contribution in [3.63, 3.8) is 0 Å². The van der Waals surface area contributed by atoms with Crippen molar-refractivity contribution in [2.75, 3.05) is 0 Å². The molecule has 0 N–H and O–H groups in total. The second-order valence-corrected chi connectivity index (χ2v) is 5.31. The highest BCUT2D eigenvalue weighted by Gasteiger charge is 2.55. The number of carbonyl (C=O) groups excluding carboxylic acids is 2. The third-order valence-electron chi connectivity index (χ3n) is 4.49. The lowest BCUT2D eigenvalue weighted by Gasteiger charge is -2.39. The van der Waals surface area contributed by atoms with Crippen molar-refractivity contribution < 1.29 is 9.59 Å².